The van der Waals surface area contributed by atoms with Crippen LogP contribution in [0.25, 0.3) is 10.7 Å². The van der Waals surface area contributed by atoms with E-state index in [1.807, 2.05) is 50.5 Å². The Bertz CT molecular complexity index is 797. The molecule has 3 heterocycles. The zero-order valence-corrected chi connectivity index (χ0v) is 14.8. The molecule has 4 nitrogen and oxygen atoms in total. The SMILES string of the molecule is Cc1nc(-c2ccccn2)sc1C(=O)N(C)C(C)c1cccs1. The first-order chi connectivity index (χ1) is 11.1. The molecule has 3 aromatic rings. The topological polar surface area (TPSA) is 46.1 Å². The van der Waals surface area contributed by atoms with Crippen LogP contribution in [0.3, 0.4) is 0 Å². The van der Waals surface area contributed by atoms with Gasteiger partial charge in [-0.2, -0.15) is 0 Å². The van der Waals surface area contributed by atoms with Crippen molar-refractivity contribution in [2.45, 2.75) is 19.9 Å². The summed E-state index contributed by atoms with van der Waals surface area (Å²) in [6.07, 6.45) is 1.73. The van der Waals surface area contributed by atoms with E-state index in [4.69, 9.17) is 0 Å². The Hall–Kier alpha value is -2.05. The van der Waals surface area contributed by atoms with Crippen LogP contribution in [0.5, 0.6) is 0 Å². The number of rotatable bonds is 4. The maximum Gasteiger partial charge on any atom is 0.266 e. The van der Waals surface area contributed by atoms with E-state index in [1.54, 1.807) is 22.4 Å². The molecule has 0 fully saturated rings. The van der Waals surface area contributed by atoms with E-state index in [1.165, 1.54) is 16.2 Å². The van der Waals surface area contributed by atoms with Gasteiger partial charge in [0.1, 0.15) is 9.88 Å². The number of thiophene rings is 1. The van der Waals surface area contributed by atoms with Gasteiger partial charge >= 0.3 is 0 Å². The van der Waals surface area contributed by atoms with Gasteiger partial charge in [0.25, 0.3) is 5.91 Å². The Balaban J connectivity index is 1.87. The van der Waals surface area contributed by atoms with Crippen LogP contribution in [-0.4, -0.2) is 27.8 Å². The van der Waals surface area contributed by atoms with E-state index in [2.05, 4.69) is 16.0 Å². The molecule has 0 saturated heterocycles. The second kappa shape index (κ2) is 6.60. The summed E-state index contributed by atoms with van der Waals surface area (Å²) in [5.74, 6) is 0.00285. The van der Waals surface area contributed by atoms with Crippen LogP contribution in [0.2, 0.25) is 0 Å². The van der Waals surface area contributed by atoms with Gasteiger partial charge in [-0.05, 0) is 37.4 Å². The quantitative estimate of drug-likeness (QED) is 0.705. The van der Waals surface area contributed by atoms with Gasteiger partial charge in [0.2, 0.25) is 0 Å². The molecule has 0 spiro atoms. The highest BCUT2D eigenvalue weighted by Crippen LogP contribution is 2.30. The Morgan fingerprint density at radius 3 is 2.74 bits per heavy atom. The number of hydrogen-bond donors (Lipinski definition) is 0. The summed E-state index contributed by atoms with van der Waals surface area (Å²) in [7, 11) is 1.84. The fourth-order valence-corrected chi connectivity index (χ4v) is 4.10. The highest BCUT2D eigenvalue weighted by Gasteiger charge is 2.24. The van der Waals surface area contributed by atoms with Crippen molar-refractivity contribution in [3.05, 3.63) is 57.4 Å². The molecule has 3 aromatic heterocycles. The number of amides is 1. The maximum absolute atomic E-state index is 12.8. The Morgan fingerprint density at radius 1 is 1.26 bits per heavy atom. The number of thiazole rings is 1. The lowest BCUT2D eigenvalue weighted by Gasteiger charge is -2.23. The van der Waals surface area contributed by atoms with Gasteiger partial charge in [0.05, 0.1) is 17.4 Å². The number of carbonyl (C=O) groups is 1. The van der Waals surface area contributed by atoms with Crippen molar-refractivity contribution in [3.8, 4) is 10.7 Å². The summed E-state index contributed by atoms with van der Waals surface area (Å²) in [6.45, 7) is 3.92. The van der Waals surface area contributed by atoms with Gasteiger partial charge in [-0.1, -0.05) is 12.1 Å². The molecule has 118 valence electrons. The molecule has 0 saturated carbocycles. The van der Waals surface area contributed by atoms with Crippen LogP contribution in [0, 0.1) is 6.92 Å². The van der Waals surface area contributed by atoms with Crippen molar-refractivity contribution in [2.24, 2.45) is 0 Å². The first-order valence-electron chi connectivity index (χ1n) is 7.27. The van der Waals surface area contributed by atoms with Crippen molar-refractivity contribution in [2.75, 3.05) is 7.05 Å². The van der Waals surface area contributed by atoms with Gasteiger partial charge in [0, 0.05) is 18.1 Å². The number of pyridine rings is 1. The average molecular weight is 343 g/mol. The average Bonchev–Trinajstić information content (AvgIpc) is 3.23. The fraction of sp³-hybridized carbons (Fsp3) is 0.235. The molecule has 0 aliphatic carbocycles. The normalized spacial score (nSPS) is 12.1. The van der Waals surface area contributed by atoms with Crippen LogP contribution in [0.1, 0.15) is 33.2 Å². The van der Waals surface area contributed by atoms with Gasteiger partial charge < -0.3 is 4.90 Å². The number of aryl methyl sites for hydroxylation is 1. The molecule has 0 radical (unpaired) electrons. The summed E-state index contributed by atoms with van der Waals surface area (Å²) in [5, 5.41) is 2.81. The molecule has 0 aromatic carbocycles. The lowest BCUT2D eigenvalue weighted by atomic mass is 10.2. The van der Waals surface area contributed by atoms with Crippen LogP contribution in [0.15, 0.2) is 41.9 Å². The van der Waals surface area contributed by atoms with Crippen molar-refractivity contribution >= 4 is 28.6 Å². The Labute approximate surface area is 143 Å². The van der Waals surface area contributed by atoms with Crippen molar-refractivity contribution in [1.82, 2.24) is 14.9 Å². The van der Waals surface area contributed by atoms with Gasteiger partial charge in [-0.15, -0.1) is 22.7 Å². The fourth-order valence-electron chi connectivity index (χ4n) is 2.25. The van der Waals surface area contributed by atoms with E-state index >= 15 is 0 Å². The van der Waals surface area contributed by atoms with Gasteiger partial charge in [-0.25, -0.2) is 4.98 Å². The number of hydrogen-bond acceptors (Lipinski definition) is 5. The highest BCUT2D eigenvalue weighted by atomic mass is 32.1. The molecule has 1 amide bonds. The van der Waals surface area contributed by atoms with E-state index in [9.17, 15) is 4.79 Å². The molecule has 1 unspecified atom stereocenters. The summed E-state index contributed by atoms with van der Waals surface area (Å²) in [6, 6.07) is 9.80. The molecule has 1 atom stereocenters. The molecule has 0 aliphatic rings. The van der Waals surface area contributed by atoms with Crippen LogP contribution >= 0.6 is 22.7 Å². The lowest BCUT2D eigenvalue weighted by Crippen LogP contribution is -2.29. The predicted molar refractivity (Wildman–Crippen MR) is 94.9 cm³/mol. The van der Waals surface area contributed by atoms with E-state index < -0.39 is 0 Å². The molecular formula is C17H17N3OS2. The molecule has 23 heavy (non-hydrogen) atoms. The Kier molecular flexibility index (Phi) is 4.54. The minimum absolute atomic E-state index is 0.00285. The smallest absolute Gasteiger partial charge is 0.266 e. The van der Waals surface area contributed by atoms with Crippen molar-refractivity contribution in [3.63, 3.8) is 0 Å². The number of carbonyl (C=O) groups excluding carboxylic acids is 1. The summed E-state index contributed by atoms with van der Waals surface area (Å²) in [4.78, 5) is 25.3. The maximum atomic E-state index is 12.8. The summed E-state index contributed by atoms with van der Waals surface area (Å²) >= 11 is 3.06. The lowest BCUT2D eigenvalue weighted by molar-refractivity contribution is 0.0749. The molecule has 3 rings (SSSR count). The van der Waals surface area contributed by atoms with Crippen molar-refractivity contribution < 1.29 is 4.79 Å². The molecule has 0 aliphatic heterocycles. The summed E-state index contributed by atoms with van der Waals surface area (Å²) < 4.78 is 0. The zero-order chi connectivity index (χ0) is 16.4. The first kappa shape index (κ1) is 15.8. The third-order valence-electron chi connectivity index (χ3n) is 3.73. The second-order valence-corrected chi connectivity index (χ2v) is 7.23. The zero-order valence-electron chi connectivity index (χ0n) is 13.2. The van der Waals surface area contributed by atoms with Crippen LogP contribution in [-0.2, 0) is 0 Å². The minimum atomic E-state index is 0.00285. The molecule has 6 heteroatoms. The second-order valence-electron chi connectivity index (χ2n) is 5.26. The highest BCUT2D eigenvalue weighted by molar-refractivity contribution is 7.17. The third-order valence-corrected chi connectivity index (χ3v) is 5.94. The monoisotopic (exact) mass is 343 g/mol. The molecule has 0 bridgehead atoms. The van der Waals surface area contributed by atoms with Gasteiger partial charge in [0.15, 0.2) is 0 Å². The first-order valence-corrected chi connectivity index (χ1v) is 8.97. The standard InChI is InChI=1S/C17H17N3OS2/c1-11-15(23-16(19-11)13-7-4-5-9-18-13)17(21)20(3)12(2)14-8-6-10-22-14/h4-10,12H,1-3H3. The largest absolute Gasteiger partial charge is 0.333 e. The predicted octanol–water partition coefficient (Wildman–Crippen LogP) is 4.41. The van der Waals surface area contributed by atoms with Crippen LogP contribution < -0.4 is 0 Å². The van der Waals surface area contributed by atoms with Crippen LogP contribution in [0.4, 0.5) is 0 Å². The van der Waals surface area contributed by atoms with Gasteiger partial charge in [-0.3, -0.25) is 9.78 Å². The van der Waals surface area contributed by atoms with E-state index in [-0.39, 0.29) is 11.9 Å². The van der Waals surface area contributed by atoms with Crippen molar-refractivity contribution in [1.29, 1.82) is 0 Å². The Morgan fingerprint density at radius 2 is 2.09 bits per heavy atom. The minimum Gasteiger partial charge on any atom is -0.333 e. The number of nitrogens with zero attached hydrogens (tertiary/aromatic N) is 3. The van der Waals surface area contributed by atoms with E-state index in [0.29, 0.717) is 4.88 Å². The third kappa shape index (κ3) is 3.18. The molecular weight excluding hydrogens is 326 g/mol. The van der Waals surface area contributed by atoms with E-state index in [0.717, 1.165) is 16.4 Å². The number of aromatic nitrogens is 2. The summed E-state index contributed by atoms with van der Waals surface area (Å²) in [5.41, 5.74) is 1.56. The molecule has 0 N–H and O–H groups in total.